The fraction of sp³-hybridized carbons (Fsp3) is 0.500. The van der Waals surface area contributed by atoms with Gasteiger partial charge < -0.3 is 20.9 Å². The summed E-state index contributed by atoms with van der Waals surface area (Å²) in [6.07, 6.45) is 2.89. The Hall–Kier alpha value is -1.75. The van der Waals surface area contributed by atoms with Gasteiger partial charge in [0.15, 0.2) is 6.61 Å². The maximum Gasteiger partial charge on any atom is 0.257 e. The number of ether oxygens (including phenoxy) is 1. The molecule has 5 nitrogen and oxygen atoms in total. The van der Waals surface area contributed by atoms with Gasteiger partial charge in [0.1, 0.15) is 5.75 Å². The average molecular weight is 264 g/mol. The maximum atomic E-state index is 11.7. The van der Waals surface area contributed by atoms with E-state index >= 15 is 0 Å². The summed E-state index contributed by atoms with van der Waals surface area (Å²) >= 11 is 0. The third-order valence-electron chi connectivity index (χ3n) is 3.54. The van der Waals surface area contributed by atoms with E-state index in [0.717, 1.165) is 19.3 Å². The molecule has 2 rings (SSSR count). The molecule has 19 heavy (non-hydrogen) atoms. The van der Waals surface area contributed by atoms with Gasteiger partial charge in [-0.1, -0.05) is 12.1 Å². The number of benzene rings is 1. The molecular weight excluding hydrogens is 244 g/mol. The molecule has 1 aromatic carbocycles. The number of carbonyl (C=O) groups excluding carboxylic acids is 1. The van der Waals surface area contributed by atoms with Crippen LogP contribution in [0.15, 0.2) is 24.3 Å². The Bertz CT molecular complexity index is 444. The molecule has 0 heterocycles. The Morgan fingerprint density at radius 2 is 2.16 bits per heavy atom. The zero-order valence-electron chi connectivity index (χ0n) is 10.9. The Morgan fingerprint density at radius 1 is 1.42 bits per heavy atom. The van der Waals surface area contributed by atoms with E-state index in [0.29, 0.717) is 18.0 Å². The number of aliphatic hydroxyl groups is 1. The van der Waals surface area contributed by atoms with Crippen molar-refractivity contribution in [2.75, 3.05) is 25.5 Å². The Morgan fingerprint density at radius 3 is 2.79 bits per heavy atom. The predicted octanol–water partition coefficient (Wildman–Crippen LogP) is 0.926. The Kier molecular flexibility index (Phi) is 4.27. The lowest BCUT2D eigenvalue weighted by Crippen LogP contribution is -2.34. The minimum absolute atomic E-state index is 0.0383. The number of rotatable bonds is 7. The van der Waals surface area contributed by atoms with Crippen molar-refractivity contribution in [2.45, 2.75) is 19.3 Å². The minimum atomic E-state index is -0.160. The molecule has 0 aliphatic heterocycles. The first kappa shape index (κ1) is 13.7. The molecule has 0 spiro atoms. The summed E-state index contributed by atoms with van der Waals surface area (Å²) in [5.41, 5.74) is 6.36. The number of nitrogens with one attached hydrogen (secondary N) is 1. The second-order valence-electron chi connectivity index (χ2n) is 5.08. The van der Waals surface area contributed by atoms with Crippen LogP contribution in [-0.2, 0) is 4.79 Å². The maximum absolute atomic E-state index is 11.7. The van der Waals surface area contributed by atoms with Gasteiger partial charge in [-0.3, -0.25) is 4.79 Å². The molecule has 0 radical (unpaired) electrons. The number of amides is 1. The number of hydrogen-bond acceptors (Lipinski definition) is 4. The lowest BCUT2D eigenvalue weighted by Gasteiger charge is -2.15. The number of anilines is 1. The highest BCUT2D eigenvalue weighted by atomic mass is 16.5. The molecule has 1 aliphatic rings. The van der Waals surface area contributed by atoms with Crippen LogP contribution < -0.4 is 15.8 Å². The van der Waals surface area contributed by atoms with Gasteiger partial charge in [0.2, 0.25) is 0 Å². The van der Waals surface area contributed by atoms with E-state index in [1.54, 1.807) is 12.1 Å². The highest BCUT2D eigenvalue weighted by Crippen LogP contribution is 2.47. The van der Waals surface area contributed by atoms with Crippen LogP contribution in [0.3, 0.4) is 0 Å². The van der Waals surface area contributed by atoms with E-state index in [1.165, 1.54) is 0 Å². The Balaban J connectivity index is 1.72. The quantitative estimate of drug-likeness (QED) is 0.639. The van der Waals surface area contributed by atoms with E-state index < -0.39 is 0 Å². The van der Waals surface area contributed by atoms with Crippen LogP contribution in [0.5, 0.6) is 5.75 Å². The summed E-state index contributed by atoms with van der Waals surface area (Å²) in [7, 11) is 0. The summed E-state index contributed by atoms with van der Waals surface area (Å²) in [5, 5.41) is 11.8. The van der Waals surface area contributed by atoms with Crippen molar-refractivity contribution in [3.63, 3.8) is 0 Å². The molecule has 4 N–H and O–H groups in total. The Labute approximate surface area is 112 Å². The van der Waals surface area contributed by atoms with Gasteiger partial charge in [0.05, 0.1) is 5.69 Å². The van der Waals surface area contributed by atoms with Gasteiger partial charge in [0.25, 0.3) is 5.91 Å². The lowest BCUT2D eigenvalue weighted by molar-refractivity contribution is -0.123. The van der Waals surface area contributed by atoms with E-state index in [4.69, 9.17) is 15.6 Å². The summed E-state index contributed by atoms with van der Waals surface area (Å²) < 4.78 is 5.36. The zero-order valence-corrected chi connectivity index (χ0v) is 10.9. The molecule has 1 aromatic rings. The number of hydrogen-bond donors (Lipinski definition) is 3. The number of nitrogens with two attached hydrogens (primary N) is 1. The molecule has 0 saturated heterocycles. The third-order valence-corrected chi connectivity index (χ3v) is 3.54. The first-order valence-corrected chi connectivity index (χ1v) is 6.50. The van der Waals surface area contributed by atoms with Crippen molar-refractivity contribution in [2.24, 2.45) is 5.41 Å². The zero-order chi connectivity index (χ0) is 13.7. The number of nitrogen functional groups attached to an aromatic ring is 1. The van der Waals surface area contributed by atoms with Crippen LogP contribution in [0.1, 0.15) is 19.3 Å². The monoisotopic (exact) mass is 264 g/mol. The SMILES string of the molecule is Nc1ccccc1OCC(=O)NCC1(CCO)CC1. The molecule has 1 fully saturated rings. The number of aliphatic hydroxyl groups excluding tert-OH is 1. The van der Waals surface area contributed by atoms with Crippen LogP contribution in [-0.4, -0.2) is 30.8 Å². The molecule has 0 atom stereocenters. The summed E-state index contributed by atoms with van der Waals surface area (Å²) in [6, 6.07) is 7.09. The van der Waals surface area contributed by atoms with Crippen molar-refractivity contribution in [3.05, 3.63) is 24.3 Å². The molecule has 1 aliphatic carbocycles. The van der Waals surface area contributed by atoms with Gasteiger partial charge in [-0.15, -0.1) is 0 Å². The van der Waals surface area contributed by atoms with Crippen molar-refractivity contribution >= 4 is 11.6 Å². The molecule has 0 unspecified atom stereocenters. The van der Waals surface area contributed by atoms with Crippen LogP contribution >= 0.6 is 0 Å². The standard InChI is InChI=1S/C14H20N2O3/c15-11-3-1-2-4-12(11)19-9-13(18)16-10-14(5-6-14)7-8-17/h1-4,17H,5-10,15H2,(H,16,18). The van der Waals surface area contributed by atoms with Crippen LogP contribution in [0.2, 0.25) is 0 Å². The van der Waals surface area contributed by atoms with Crippen LogP contribution in [0.4, 0.5) is 5.69 Å². The van der Waals surface area contributed by atoms with E-state index in [1.807, 2.05) is 12.1 Å². The van der Waals surface area contributed by atoms with Crippen molar-refractivity contribution in [1.82, 2.24) is 5.32 Å². The molecular formula is C14H20N2O3. The first-order valence-electron chi connectivity index (χ1n) is 6.50. The van der Waals surface area contributed by atoms with Gasteiger partial charge in [0, 0.05) is 13.2 Å². The summed E-state index contributed by atoms with van der Waals surface area (Å²) in [5.74, 6) is 0.363. The van der Waals surface area contributed by atoms with Gasteiger partial charge in [-0.2, -0.15) is 0 Å². The summed E-state index contributed by atoms with van der Waals surface area (Å²) in [6.45, 7) is 0.746. The average Bonchev–Trinajstić information content (AvgIpc) is 3.16. The fourth-order valence-corrected chi connectivity index (χ4v) is 2.02. The molecule has 1 amide bonds. The topological polar surface area (TPSA) is 84.6 Å². The second-order valence-corrected chi connectivity index (χ2v) is 5.08. The largest absolute Gasteiger partial charge is 0.482 e. The van der Waals surface area contributed by atoms with E-state index in [2.05, 4.69) is 5.32 Å². The van der Waals surface area contributed by atoms with Crippen molar-refractivity contribution in [1.29, 1.82) is 0 Å². The first-order chi connectivity index (χ1) is 9.15. The highest BCUT2D eigenvalue weighted by Gasteiger charge is 2.41. The third kappa shape index (κ3) is 3.86. The summed E-state index contributed by atoms with van der Waals surface area (Å²) in [4.78, 5) is 11.7. The molecule has 104 valence electrons. The molecule has 0 aromatic heterocycles. The van der Waals surface area contributed by atoms with Crippen LogP contribution in [0.25, 0.3) is 0 Å². The fourth-order valence-electron chi connectivity index (χ4n) is 2.02. The highest BCUT2D eigenvalue weighted by molar-refractivity contribution is 5.77. The molecule has 1 saturated carbocycles. The molecule has 0 bridgehead atoms. The van der Waals surface area contributed by atoms with Crippen LogP contribution in [0, 0.1) is 5.41 Å². The smallest absolute Gasteiger partial charge is 0.257 e. The van der Waals surface area contributed by atoms with Gasteiger partial charge in [-0.05, 0) is 36.8 Å². The van der Waals surface area contributed by atoms with E-state index in [9.17, 15) is 4.79 Å². The van der Waals surface area contributed by atoms with Crippen molar-refractivity contribution in [3.8, 4) is 5.75 Å². The van der Waals surface area contributed by atoms with Gasteiger partial charge >= 0.3 is 0 Å². The lowest BCUT2D eigenvalue weighted by atomic mass is 10.0. The van der Waals surface area contributed by atoms with Gasteiger partial charge in [-0.25, -0.2) is 0 Å². The second kappa shape index (κ2) is 5.93. The predicted molar refractivity (Wildman–Crippen MR) is 72.7 cm³/mol. The normalized spacial score (nSPS) is 15.8. The molecule has 5 heteroatoms. The van der Waals surface area contributed by atoms with E-state index in [-0.39, 0.29) is 24.5 Å². The minimum Gasteiger partial charge on any atom is -0.482 e. The number of carbonyl (C=O) groups is 1. The van der Waals surface area contributed by atoms with Crippen molar-refractivity contribution < 1.29 is 14.6 Å². The number of para-hydroxylation sites is 2.